The van der Waals surface area contributed by atoms with Gasteiger partial charge in [0.2, 0.25) is 0 Å². The lowest BCUT2D eigenvalue weighted by molar-refractivity contribution is -0.159. The van der Waals surface area contributed by atoms with Crippen LogP contribution in [0.5, 0.6) is 0 Å². The van der Waals surface area contributed by atoms with Crippen molar-refractivity contribution < 1.29 is 19.7 Å². The summed E-state index contributed by atoms with van der Waals surface area (Å²) < 4.78 is 4.73. The topological polar surface area (TPSA) is 66.8 Å². The van der Waals surface area contributed by atoms with Crippen LogP contribution in [0.2, 0.25) is 0 Å². The predicted octanol–water partition coefficient (Wildman–Crippen LogP) is -0.456. The average Bonchev–Trinajstić information content (AvgIpc) is 2.17. The molecular formula is C9H14O4. The molecule has 0 heterocycles. The Hall–Kier alpha value is -1.05. The fraction of sp³-hybridized carbons (Fsp3) is 0.667. The molecule has 0 aliphatic heterocycles. The van der Waals surface area contributed by atoms with Crippen LogP contribution in [0.15, 0.2) is 0 Å². The summed E-state index contributed by atoms with van der Waals surface area (Å²) in [5, 5.41) is 17.6. The molecule has 0 aliphatic carbocycles. The zero-order valence-corrected chi connectivity index (χ0v) is 7.62. The first-order chi connectivity index (χ1) is 6.10. The lowest BCUT2D eigenvalue weighted by atomic mass is 9.93. The van der Waals surface area contributed by atoms with Gasteiger partial charge in [0, 0.05) is 6.42 Å². The standard InChI is InChI=1S/C9H14O4/c1-3-4-5-13-8(12)9(2,6-10)7-11/h1,10-11H,4-7H2,2H3. The molecule has 0 aliphatic rings. The second kappa shape index (κ2) is 5.57. The Morgan fingerprint density at radius 2 is 2.08 bits per heavy atom. The Bertz CT molecular complexity index is 200. The van der Waals surface area contributed by atoms with E-state index in [-0.39, 0.29) is 6.61 Å². The van der Waals surface area contributed by atoms with Crippen molar-refractivity contribution in [2.45, 2.75) is 13.3 Å². The molecular weight excluding hydrogens is 172 g/mol. The number of terminal acetylenes is 1. The normalized spacial score (nSPS) is 10.6. The number of hydrogen-bond donors (Lipinski definition) is 2. The average molecular weight is 186 g/mol. The van der Waals surface area contributed by atoms with Gasteiger partial charge < -0.3 is 14.9 Å². The molecule has 0 radical (unpaired) electrons. The summed E-state index contributed by atoms with van der Waals surface area (Å²) in [5.74, 6) is 1.68. The molecule has 0 unspecified atom stereocenters. The number of hydrogen-bond acceptors (Lipinski definition) is 4. The summed E-state index contributed by atoms with van der Waals surface area (Å²) in [7, 11) is 0. The van der Waals surface area contributed by atoms with E-state index in [0.29, 0.717) is 6.42 Å². The van der Waals surface area contributed by atoms with Crippen molar-refractivity contribution in [3.05, 3.63) is 0 Å². The van der Waals surface area contributed by atoms with Gasteiger partial charge in [-0.25, -0.2) is 0 Å². The smallest absolute Gasteiger partial charge is 0.316 e. The Balaban J connectivity index is 4.01. The summed E-state index contributed by atoms with van der Waals surface area (Å²) in [5.41, 5.74) is -1.23. The highest BCUT2D eigenvalue weighted by Crippen LogP contribution is 2.16. The molecule has 0 bridgehead atoms. The van der Waals surface area contributed by atoms with E-state index in [0.717, 1.165) is 0 Å². The van der Waals surface area contributed by atoms with Gasteiger partial charge in [-0.2, -0.15) is 0 Å². The van der Waals surface area contributed by atoms with Gasteiger partial charge in [0.1, 0.15) is 12.0 Å². The second-order valence-electron chi connectivity index (χ2n) is 2.97. The highest BCUT2D eigenvalue weighted by Gasteiger charge is 2.33. The molecule has 0 amide bonds. The van der Waals surface area contributed by atoms with E-state index in [2.05, 4.69) is 5.92 Å². The predicted molar refractivity (Wildman–Crippen MR) is 46.7 cm³/mol. The highest BCUT2D eigenvalue weighted by molar-refractivity contribution is 5.76. The van der Waals surface area contributed by atoms with Crippen molar-refractivity contribution in [3.8, 4) is 12.3 Å². The number of carbonyl (C=O) groups excluding carboxylic acids is 1. The summed E-state index contributed by atoms with van der Waals surface area (Å²) in [4.78, 5) is 11.2. The molecule has 4 nitrogen and oxygen atoms in total. The van der Waals surface area contributed by atoms with Gasteiger partial charge in [0.05, 0.1) is 13.2 Å². The van der Waals surface area contributed by atoms with E-state index in [1.807, 2.05) is 0 Å². The first kappa shape index (κ1) is 11.9. The zero-order valence-electron chi connectivity index (χ0n) is 7.62. The number of esters is 1. The molecule has 4 heteroatoms. The van der Waals surface area contributed by atoms with E-state index >= 15 is 0 Å². The molecule has 0 saturated heterocycles. The van der Waals surface area contributed by atoms with Crippen molar-refractivity contribution in [2.75, 3.05) is 19.8 Å². The third kappa shape index (κ3) is 3.45. The monoisotopic (exact) mass is 186 g/mol. The van der Waals surface area contributed by atoms with E-state index in [4.69, 9.17) is 21.4 Å². The van der Waals surface area contributed by atoms with E-state index in [1.165, 1.54) is 6.92 Å². The van der Waals surface area contributed by atoms with Gasteiger partial charge in [-0.1, -0.05) is 0 Å². The maximum atomic E-state index is 11.2. The molecule has 2 N–H and O–H groups in total. The summed E-state index contributed by atoms with van der Waals surface area (Å²) in [6.45, 7) is 0.646. The van der Waals surface area contributed by atoms with Gasteiger partial charge in [-0.15, -0.1) is 12.3 Å². The number of aliphatic hydroxyl groups excluding tert-OH is 2. The number of carbonyl (C=O) groups is 1. The molecule has 0 aromatic carbocycles. The third-order valence-corrected chi connectivity index (χ3v) is 1.67. The quantitative estimate of drug-likeness (QED) is 0.346. The van der Waals surface area contributed by atoms with Crippen LogP contribution < -0.4 is 0 Å². The van der Waals surface area contributed by atoms with Gasteiger partial charge >= 0.3 is 5.97 Å². The lowest BCUT2D eigenvalue weighted by Crippen LogP contribution is -2.37. The SMILES string of the molecule is C#CCCOC(=O)C(C)(CO)CO. The number of rotatable bonds is 5. The highest BCUT2D eigenvalue weighted by atomic mass is 16.5. The minimum Gasteiger partial charge on any atom is -0.464 e. The molecule has 0 spiro atoms. The van der Waals surface area contributed by atoms with Crippen molar-refractivity contribution in [2.24, 2.45) is 5.41 Å². The van der Waals surface area contributed by atoms with E-state index in [9.17, 15) is 4.79 Å². The van der Waals surface area contributed by atoms with Crippen LogP contribution in [0.4, 0.5) is 0 Å². The molecule has 0 rings (SSSR count). The first-order valence-electron chi connectivity index (χ1n) is 3.93. The fourth-order valence-electron chi connectivity index (χ4n) is 0.556. The number of ether oxygens (including phenoxy) is 1. The minimum atomic E-state index is -1.23. The maximum absolute atomic E-state index is 11.2. The van der Waals surface area contributed by atoms with Crippen LogP contribution in [0.25, 0.3) is 0 Å². The summed E-state index contributed by atoms with van der Waals surface area (Å²) >= 11 is 0. The molecule has 13 heavy (non-hydrogen) atoms. The maximum Gasteiger partial charge on any atom is 0.316 e. The van der Waals surface area contributed by atoms with Crippen molar-refractivity contribution in [1.29, 1.82) is 0 Å². The second-order valence-corrected chi connectivity index (χ2v) is 2.97. The van der Waals surface area contributed by atoms with Crippen LogP contribution >= 0.6 is 0 Å². The summed E-state index contributed by atoms with van der Waals surface area (Å²) in [6, 6.07) is 0. The van der Waals surface area contributed by atoms with Crippen molar-refractivity contribution in [3.63, 3.8) is 0 Å². The van der Waals surface area contributed by atoms with Crippen LogP contribution in [-0.2, 0) is 9.53 Å². The van der Waals surface area contributed by atoms with Crippen LogP contribution in [-0.4, -0.2) is 36.0 Å². The van der Waals surface area contributed by atoms with E-state index < -0.39 is 24.6 Å². The van der Waals surface area contributed by atoms with Crippen LogP contribution in [0.1, 0.15) is 13.3 Å². The van der Waals surface area contributed by atoms with Gasteiger partial charge in [0.15, 0.2) is 0 Å². The third-order valence-electron chi connectivity index (χ3n) is 1.67. The fourth-order valence-corrected chi connectivity index (χ4v) is 0.556. The molecule has 74 valence electrons. The van der Waals surface area contributed by atoms with E-state index in [1.54, 1.807) is 0 Å². The summed E-state index contributed by atoms with van der Waals surface area (Å²) in [6.07, 6.45) is 5.28. The van der Waals surface area contributed by atoms with Gasteiger partial charge in [-0.3, -0.25) is 4.79 Å². The van der Waals surface area contributed by atoms with Gasteiger partial charge in [-0.05, 0) is 6.92 Å². The Morgan fingerprint density at radius 1 is 1.54 bits per heavy atom. The molecule has 0 aromatic heterocycles. The Labute approximate surface area is 77.5 Å². The Morgan fingerprint density at radius 3 is 2.46 bits per heavy atom. The zero-order chi connectivity index (χ0) is 10.3. The van der Waals surface area contributed by atoms with Crippen molar-refractivity contribution >= 4 is 5.97 Å². The lowest BCUT2D eigenvalue weighted by Gasteiger charge is -2.21. The molecule has 0 atom stereocenters. The molecule has 0 aromatic rings. The molecule has 0 fully saturated rings. The molecule has 0 saturated carbocycles. The van der Waals surface area contributed by atoms with Crippen LogP contribution in [0.3, 0.4) is 0 Å². The largest absolute Gasteiger partial charge is 0.464 e. The van der Waals surface area contributed by atoms with Crippen LogP contribution in [0, 0.1) is 17.8 Å². The number of aliphatic hydroxyl groups is 2. The van der Waals surface area contributed by atoms with Crippen molar-refractivity contribution in [1.82, 2.24) is 0 Å². The van der Waals surface area contributed by atoms with Gasteiger partial charge in [0.25, 0.3) is 0 Å². The minimum absolute atomic E-state index is 0.116. The Kier molecular flexibility index (Phi) is 5.12. The first-order valence-corrected chi connectivity index (χ1v) is 3.93.